The van der Waals surface area contributed by atoms with Crippen molar-refractivity contribution in [1.82, 2.24) is 14.5 Å². The Morgan fingerprint density at radius 3 is 2.58 bits per heavy atom. The average molecular weight is 448 g/mol. The average Bonchev–Trinajstić information content (AvgIpc) is 2.79. The van der Waals surface area contributed by atoms with Crippen molar-refractivity contribution in [1.29, 1.82) is 0 Å². The molecule has 4 rings (SSSR count). The molecule has 1 atom stereocenters. The monoisotopic (exact) mass is 447 g/mol. The molecule has 1 amide bonds. The van der Waals surface area contributed by atoms with Gasteiger partial charge in [0.1, 0.15) is 11.6 Å². The zero-order chi connectivity index (χ0) is 23.4. The smallest absolute Gasteiger partial charge is 0.266 e. The van der Waals surface area contributed by atoms with Crippen molar-refractivity contribution in [2.75, 3.05) is 13.2 Å². The van der Waals surface area contributed by atoms with Gasteiger partial charge in [-0.05, 0) is 57.4 Å². The largest absolute Gasteiger partial charge is 0.492 e. The van der Waals surface area contributed by atoms with Crippen LogP contribution in [0.3, 0.4) is 0 Å². The number of fused-ring (bicyclic) bond motifs is 1. The molecule has 6 nitrogen and oxygen atoms in total. The summed E-state index contributed by atoms with van der Waals surface area (Å²) < 4.78 is 7.51. The standard InChI is InChI=1S/C27H33N3O3/c1-4-6-18-29(26(31)20-12-11-13-20)19(3)25-28-22-15-8-7-14-21(22)27(32)30(25)23-16-9-10-17-24(23)33-5-2/h7-10,14-17,19-20H,4-6,11-13,18H2,1-3H3. The first-order valence-electron chi connectivity index (χ1n) is 12.1. The fourth-order valence-corrected chi connectivity index (χ4v) is 4.43. The van der Waals surface area contributed by atoms with Gasteiger partial charge >= 0.3 is 0 Å². The molecule has 33 heavy (non-hydrogen) atoms. The molecule has 0 radical (unpaired) electrons. The van der Waals surface area contributed by atoms with E-state index in [1.54, 1.807) is 10.6 Å². The second kappa shape index (κ2) is 10.2. The van der Waals surface area contributed by atoms with Gasteiger partial charge in [0.25, 0.3) is 5.56 Å². The minimum atomic E-state index is -0.350. The number of hydrogen-bond acceptors (Lipinski definition) is 4. The van der Waals surface area contributed by atoms with E-state index >= 15 is 0 Å². The number of nitrogens with zero attached hydrogens (tertiary/aromatic N) is 3. The molecule has 0 aliphatic heterocycles. The number of ether oxygens (including phenoxy) is 1. The maximum absolute atomic E-state index is 13.8. The third kappa shape index (κ3) is 4.52. The Balaban J connectivity index is 1.91. The molecule has 0 saturated heterocycles. The van der Waals surface area contributed by atoms with E-state index in [4.69, 9.17) is 9.72 Å². The fourth-order valence-electron chi connectivity index (χ4n) is 4.43. The molecular formula is C27H33N3O3. The number of benzene rings is 2. The van der Waals surface area contributed by atoms with Crippen LogP contribution >= 0.6 is 0 Å². The highest BCUT2D eigenvalue weighted by molar-refractivity contribution is 5.81. The van der Waals surface area contributed by atoms with Crippen LogP contribution in [0, 0.1) is 5.92 Å². The summed E-state index contributed by atoms with van der Waals surface area (Å²) in [5.41, 5.74) is 1.14. The van der Waals surface area contributed by atoms with Gasteiger partial charge in [-0.25, -0.2) is 4.98 Å². The molecule has 3 aromatic rings. The summed E-state index contributed by atoms with van der Waals surface area (Å²) in [6.07, 6.45) is 4.90. The van der Waals surface area contributed by atoms with Gasteiger partial charge in [-0.2, -0.15) is 0 Å². The third-order valence-corrected chi connectivity index (χ3v) is 6.54. The predicted octanol–water partition coefficient (Wildman–Crippen LogP) is 5.27. The number of unbranched alkanes of at least 4 members (excludes halogenated alkanes) is 1. The summed E-state index contributed by atoms with van der Waals surface area (Å²) in [6.45, 7) is 7.18. The van der Waals surface area contributed by atoms with Gasteiger partial charge in [-0.1, -0.05) is 44.0 Å². The first kappa shape index (κ1) is 23.0. The summed E-state index contributed by atoms with van der Waals surface area (Å²) >= 11 is 0. The summed E-state index contributed by atoms with van der Waals surface area (Å²) in [7, 11) is 0. The van der Waals surface area contributed by atoms with Crippen LogP contribution in [0.25, 0.3) is 16.6 Å². The van der Waals surface area contributed by atoms with Crippen molar-refractivity contribution in [2.45, 2.75) is 58.9 Å². The highest BCUT2D eigenvalue weighted by atomic mass is 16.5. The lowest BCUT2D eigenvalue weighted by molar-refractivity contribution is -0.140. The fraction of sp³-hybridized carbons (Fsp3) is 0.444. The first-order valence-corrected chi connectivity index (χ1v) is 12.1. The van der Waals surface area contributed by atoms with E-state index in [-0.39, 0.29) is 23.4 Å². The summed E-state index contributed by atoms with van der Waals surface area (Å²) in [6, 6.07) is 14.6. The van der Waals surface area contributed by atoms with E-state index in [9.17, 15) is 9.59 Å². The topological polar surface area (TPSA) is 64.4 Å². The van der Waals surface area contributed by atoms with E-state index in [0.29, 0.717) is 41.3 Å². The van der Waals surface area contributed by atoms with Crippen LogP contribution in [0.2, 0.25) is 0 Å². The molecule has 6 heteroatoms. The van der Waals surface area contributed by atoms with Crippen LogP contribution < -0.4 is 10.3 Å². The Kier molecular flexibility index (Phi) is 7.11. The Morgan fingerprint density at radius 1 is 1.15 bits per heavy atom. The van der Waals surface area contributed by atoms with Crippen LogP contribution in [0.1, 0.15) is 64.7 Å². The Bertz CT molecular complexity index is 1180. The number of carbonyl (C=O) groups is 1. The number of carbonyl (C=O) groups excluding carboxylic acids is 1. The Morgan fingerprint density at radius 2 is 1.88 bits per heavy atom. The highest BCUT2D eigenvalue weighted by Crippen LogP contribution is 2.33. The summed E-state index contributed by atoms with van der Waals surface area (Å²) in [4.78, 5) is 34.1. The first-order chi connectivity index (χ1) is 16.1. The van der Waals surface area contributed by atoms with Crippen molar-refractivity contribution in [2.24, 2.45) is 5.92 Å². The molecule has 0 spiro atoms. The van der Waals surface area contributed by atoms with Gasteiger partial charge < -0.3 is 9.64 Å². The number of para-hydroxylation sites is 3. The zero-order valence-corrected chi connectivity index (χ0v) is 19.8. The number of amides is 1. The minimum Gasteiger partial charge on any atom is -0.492 e. The lowest BCUT2D eigenvalue weighted by atomic mass is 9.84. The maximum Gasteiger partial charge on any atom is 0.266 e. The summed E-state index contributed by atoms with van der Waals surface area (Å²) in [5.74, 6) is 1.45. The number of aromatic nitrogens is 2. The van der Waals surface area contributed by atoms with Crippen LogP contribution in [-0.2, 0) is 4.79 Å². The lowest BCUT2D eigenvalue weighted by Gasteiger charge is -2.36. The van der Waals surface area contributed by atoms with Gasteiger partial charge in [0.15, 0.2) is 0 Å². The van der Waals surface area contributed by atoms with Crippen molar-refractivity contribution in [3.05, 3.63) is 64.7 Å². The summed E-state index contributed by atoms with van der Waals surface area (Å²) in [5, 5.41) is 0.546. The van der Waals surface area contributed by atoms with E-state index in [1.807, 2.05) is 61.2 Å². The molecule has 1 unspecified atom stereocenters. The molecule has 0 N–H and O–H groups in total. The van der Waals surface area contributed by atoms with E-state index in [0.717, 1.165) is 32.1 Å². The molecule has 1 fully saturated rings. The quantitative estimate of drug-likeness (QED) is 0.448. The SMILES string of the molecule is CCCCN(C(=O)C1CCC1)C(C)c1nc2ccccc2c(=O)n1-c1ccccc1OCC. The molecule has 1 aromatic heterocycles. The molecular weight excluding hydrogens is 414 g/mol. The second-order valence-corrected chi connectivity index (χ2v) is 8.72. The van der Waals surface area contributed by atoms with Crippen molar-refractivity contribution in [3.63, 3.8) is 0 Å². The van der Waals surface area contributed by atoms with E-state index in [2.05, 4.69) is 6.92 Å². The zero-order valence-electron chi connectivity index (χ0n) is 19.8. The van der Waals surface area contributed by atoms with E-state index < -0.39 is 0 Å². The van der Waals surface area contributed by atoms with Crippen LogP contribution in [-0.4, -0.2) is 33.5 Å². The molecule has 1 aliphatic carbocycles. The van der Waals surface area contributed by atoms with Gasteiger partial charge in [-0.15, -0.1) is 0 Å². The van der Waals surface area contributed by atoms with Crippen molar-refractivity contribution < 1.29 is 9.53 Å². The lowest BCUT2D eigenvalue weighted by Crippen LogP contribution is -2.42. The predicted molar refractivity (Wildman–Crippen MR) is 131 cm³/mol. The maximum atomic E-state index is 13.8. The molecule has 1 saturated carbocycles. The van der Waals surface area contributed by atoms with Crippen molar-refractivity contribution >= 4 is 16.8 Å². The van der Waals surface area contributed by atoms with Gasteiger partial charge in [0.2, 0.25) is 5.91 Å². The van der Waals surface area contributed by atoms with Gasteiger partial charge in [0, 0.05) is 12.5 Å². The Labute approximate surface area is 195 Å². The molecule has 0 bridgehead atoms. The minimum absolute atomic E-state index is 0.0839. The normalized spacial score (nSPS) is 14.6. The number of hydrogen-bond donors (Lipinski definition) is 0. The van der Waals surface area contributed by atoms with Crippen LogP contribution in [0.5, 0.6) is 5.75 Å². The third-order valence-electron chi connectivity index (χ3n) is 6.54. The molecule has 1 heterocycles. The van der Waals surface area contributed by atoms with Crippen LogP contribution in [0.15, 0.2) is 53.3 Å². The van der Waals surface area contributed by atoms with Gasteiger partial charge in [-0.3, -0.25) is 14.2 Å². The highest BCUT2D eigenvalue weighted by Gasteiger charge is 2.34. The second-order valence-electron chi connectivity index (χ2n) is 8.72. The van der Waals surface area contributed by atoms with Gasteiger partial charge in [0.05, 0.1) is 29.2 Å². The molecule has 2 aromatic carbocycles. The van der Waals surface area contributed by atoms with E-state index in [1.165, 1.54) is 0 Å². The number of rotatable bonds is 9. The van der Waals surface area contributed by atoms with Crippen molar-refractivity contribution in [3.8, 4) is 11.4 Å². The Hall–Kier alpha value is -3.15. The van der Waals surface area contributed by atoms with Crippen LogP contribution in [0.4, 0.5) is 0 Å². The molecule has 1 aliphatic rings. The molecule has 174 valence electrons.